The molecule has 4 rings (SSSR count). The van der Waals surface area contributed by atoms with Crippen LogP contribution in [0.25, 0.3) is 0 Å². The van der Waals surface area contributed by atoms with E-state index in [-0.39, 0.29) is 32.9 Å². The molecule has 1 aromatic heterocycles. The van der Waals surface area contributed by atoms with E-state index in [1.807, 2.05) is 0 Å². The van der Waals surface area contributed by atoms with E-state index in [1.165, 1.54) is 36.7 Å². The standard InChI is InChI=1S/C24H18ClF3N4O3S/c1-13(16-10-11-29-12-19(16)30-21(33)17-4-2-3-5-18(17)25)20-22(34)32(23(35)31-20)14-6-8-15(9-7-14)36-24(26,27)28/h2-13,20H,1H3,(H,30,33)(H,31,35). The Labute approximate surface area is 213 Å². The van der Waals surface area contributed by atoms with E-state index < -0.39 is 35.3 Å². The SMILES string of the molecule is CC(c1ccncc1NC(=O)c1ccccc1Cl)C1NC(=O)N(c2ccc(SC(F)(F)F)cc2)C1=O. The van der Waals surface area contributed by atoms with Gasteiger partial charge in [-0.05, 0) is 59.8 Å². The minimum atomic E-state index is -4.45. The van der Waals surface area contributed by atoms with Crippen molar-refractivity contribution in [3.05, 3.63) is 83.1 Å². The third-order valence-electron chi connectivity index (χ3n) is 5.51. The number of carbonyl (C=O) groups excluding carboxylic acids is 3. The van der Waals surface area contributed by atoms with Crippen LogP contribution in [0.2, 0.25) is 5.02 Å². The van der Waals surface area contributed by atoms with Crippen LogP contribution >= 0.6 is 23.4 Å². The van der Waals surface area contributed by atoms with Crippen LogP contribution in [0.5, 0.6) is 0 Å². The molecule has 12 heteroatoms. The van der Waals surface area contributed by atoms with E-state index in [2.05, 4.69) is 15.6 Å². The van der Waals surface area contributed by atoms with Gasteiger partial charge in [0.25, 0.3) is 11.8 Å². The third kappa shape index (κ3) is 5.47. The molecular weight excluding hydrogens is 517 g/mol. The highest BCUT2D eigenvalue weighted by Crippen LogP contribution is 2.38. The summed E-state index contributed by atoms with van der Waals surface area (Å²) in [5.74, 6) is -1.64. The zero-order chi connectivity index (χ0) is 26.0. The molecule has 2 atom stereocenters. The molecule has 186 valence electrons. The van der Waals surface area contributed by atoms with E-state index in [9.17, 15) is 27.6 Å². The molecule has 0 spiro atoms. The lowest BCUT2D eigenvalue weighted by Gasteiger charge is -2.21. The molecule has 7 nitrogen and oxygen atoms in total. The quantitative estimate of drug-likeness (QED) is 0.307. The van der Waals surface area contributed by atoms with Crippen LogP contribution in [0.1, 0.15) is 28.8 Å². The maximum absolute atomic E-state index is 13.2. The molecule has 1 fully saturated rings. The maximum atomic E-state index is 13.2. The van der Waals surface area contributed by atoms with Crippen LogP contribution < -0.4 is 15.5 Å². The second kappa shape index (κ2) is 10.2. The fraction of sp³-hybridized carbons (Fsp3) is 0.167. The predicted molar refractivity (Wildman–Crippen MR) is 130 cm³/mol. The highest BCUT2D eigenvalue weighted by Gasteiger charge is 2.43. The summed E-state index contributed by atoms with van der Waals surface area (Å²) in [6, 6.07) is 11.4. The first kappa shape index (κ1) is 25.5. The van der Waals surface area contributed by atoms with Gasteiger partial charge in [0.1, 0.15) is 6.04 Å². The van der Waals surface area contributed by atoms with Crippen molar-refractivity contribution in [1.82, 2.24) is 10.3 Å². The van der Waals surface area contributed by atoms with Crippen LogP contribution in [-0.2, 0) is 4.79 Å². The van der Waals surface area contributed by atoms with Gasteiger partial charge in [-0.15, -0.1) is 0 Å². The van der Waals surface area contributed by atoms with Gasteiger partial charge in [0.15, 0.2) is 0 Å². The van der Waals surface area contributed by atoms with Crippen molar-refractivity contribution in [3.8, 4) is 0 Å². The summed E-state index contributed by atoms with van der Waals surface area (Å²) in [5, 5.41) is 5.64. The number of carbonyl (C=O) groups is 3. The van der Waals surface area contributed by atoms with Crippen LogP contribution in [-0.4, -0.2) is 34.4 Å². The monoisotopic (exact) mass is 534 g/mol. The van der Waals surface area contributed by atoms with Gasteiger partial charge in [-0.1, -0.05) is 30.7 Å². The Morgan fingerprint density at radius 3 is 2.50 bits per heavy atom. The Kier molecular flexibility index (Phi) is 7.23. The summed E-state index contributed by atoms with van der Waals surface area (Å²) in [5.41, 5.74) is -3.18. The van der Waals surface area contributed by atoms with Crippen molar-refractivity contribution in [1.29, 1.82) is 0 Å². The molecule has 1 aliphatic rings. The zero-order valence-corrected chi connectivity index (χ0v) is 20.1. The number of urea groups is 1. The smallest absolute Gasteiger partial charge is 0.325 e. The number of alkyl halides is 3. The Hall–Kier alpha value is -3.57. The maximum Gasteiger partial charge on any atom is 0.446 e. The van der Waals surface area contributed by atoms with Gasteiger partial charge in [-0.2, -0.15) is 13.2 Å². The topological polar surface area (TPSA) is 91.4 Å². The molecule has 1 aliphatic heterocycles. The summed E-state index contributed by atoms with van der Waals surface area (Å²) in [4.78, 5) is 43.4. The number of nitrogens with one attached hydrogen (secondary N) is 2. The summed E-state index contributed by atoms with van der Waals surface area (Å²) < 4.78 is 37.8. The molecule has 36 heavy (non-hydrogen) atoms. The molecule has 4 amide bonds. The molecule has 0 aliphatic carbocycles. The molecule has 0 saturated carbocycles. The fourth-order valence-corrected chi connectivity index (χ4v) is 4.56. The highest BCUT2D eigenvalue weighted by molar-refractivity contribution is 8.00. The molecule has 2 N–H and O–H groups in total. The lowest BCUT2D eigenvalue weighted by Crippen LogP contribution is -2.35. The van der Waals surface area contributed by atoms with Gasteiger partial charge in [0, 0.05) is 17.0 Å². The first-order valence-electron chi connectivity index (χ1n) is 10.5. The fourth-order valence-electron chi connectivity index (χ4n) is 3.80. The van der Waals surface area contributed by atoms with Crippen LogP contribution in [0.3, 0.4) is 0 Å². The van der Waals surface area contributed by atoms with Gasteiger partial charge in [-0.3, -0.25) is 14.6 Å². The van der Waals surface area contributed by atoms with E-state index >= 15 is 0 Å². The number of halogens is 4. The normalized spacial score (nSPS) is 16.6. The van der Waals surface area contributed by atoms with Crippen LogP contribution in [0.15, 0.2) is 71.9 Å². The van der Waals surface area contributed by atoms with Gasteiger partial charge in [0.05, 0.1) is 28.2 Å². The van der Waals surface area contributed by atoms with E-state index in [1.54, 1.807) is 37.3 Å². The Bertz CT molecular complexity index is 1320. The average Bonchev–Trinajstić information content (AvgIpc) is 3.12. The molecule has 2 heterocycles. The Morgan fingerprint density at radius 1 is 1.14 bits per heavy atom. The summed E-state index contributed by atoms with van der Waals surface area (Å²) >= 11 is 5.82. The predicted octanol–water partition coefficient (Wildman–Crippen LogP) is 5.83. The number of anilines is 2. The van der Waals surface area contributed by atoms with Gasteiger partial charge in [-0.25, -0.2) is 9.69 Å². The second-order valence-electron chi connectivity index (χ2n) is 7.83. The largest absolute Gasteiger partial charge is 0.446 e. The van der Waals surface area contributed by atoms with Crippen LogP contribution in [0, 0.1) is 0 Å². The molecular formula is C24H18ClF3N4O3S. The summed E-state index contributed by atoms with van der Waals surface area (Å²) in [6.45, 7) is 1.70. The number of aromatic nitrogens is 1. The zero-order valence-electron chi connectivity index (χ0n) is 18.5. The van der Waals surface area contributed by atoms with E-state index in [4.69, 9.17) is 11.6 Å². The van der Waals surface area contributed by atoms with Crippen molar-refractivity contribution in [2.24, 2.45) is 0 Å². The number of hydrogen-bond acceptors (Lipinski definition) is 5. The number of pyridine rings is 1. The van der Waals surface area contributed by atoms with Gasteiger partial charge < -0.3 is 10.6 Å². The van der Waals surface area contributed by atoms with Crippen molar-refractivity contribution < 1.29 is 27.6 Å². The third-order valence-corrected chi connectivity index (χ3v) is 6.58. The van der Waals surface area contributed by atoms with Crippen LogP contribution in [0.4, 0.5) is 29.3 Å². The van der Waals surface area contributed by atoms with E-state index in [0.717, 1.165) is 4.90 Å². The van der Waals surface area contributed by atoms with Gasteiger partial charge in [0.2, 0.25) is 0 Å². The summed E-state index contributed by atoms with van der Waals surface area (Å²) in [7, 11) is 0. The Morgan fingerprint density at radius 2 is 1.83 bits per heavy atom. The minimum absolute atomic E-state index is 0.0705. The molecule has 2 unspecified atom stereocenters. The molecule has 3 aromatic rings. The average molecular weight is 535 g/mol. The van der Waals surface area contributed by atoms with Crippen molar-refractivity contribution in [3.63, 3.8) is 0 Å². The number of thioether (sulfide) groups is 1. The minimum Gasteiger partial charge on any atom is -0.325 e. The summed E-state index contributed by atoms with van der Waals surface area (Å²) in [6.07, 6.45) is 2.92. The number of benzene rings is 2. The lowest BCUT2D eigenvalue weighted by atomic mass is 9.92. The lowest BCUT2D eigenvalue weighted by molar-refractivity contribution is -0.118. The number of nitrogens with zero attached hydrogens (tertiary/aromatic N) is 2. The number of amides is 4. The van der Waals surface area contributed by atoms with Crippen molar-refractivity contribution in [2.75, 3.05) is 10.2 Å². The van der Waals surface area contributed by atoms with Crippen molar-refractivity contribution in [2.45, 2.75) is 29.3 Å². The first-order chi connectivity index (χ1) is 17.0. The Balaban J connectivity index is 1.54. The van der Waals surface area contributed by atoms with Gasteiger partial charge >= 0.3 is 11.5 Å². The first-order valence-corrected chi connectivity index (χ1v) is 11.7. The molecule has 0 radical (unpaired) electrons. The highest BCUT2D eigenvalue weighted by atomic mass is 35.5. The number of hydrogen-bond donors (Lipinski definition) is 2. The second-order valence-corrected chi connectivity index (χ2v) is 9.37. The molecule has 1 saturated heterocycles. The number of imide groups is 1. The number of rotatable bonds is 6. The molecule has 0 bridgehead atoms. The van der Waals surface area contributed by atoms with E-state index in [0.29, 0.717) is 11.3 Å². The molecule has 2 aromatic carbocycles. The van der Waals surface area contributed by atoms with Crippen molar-refractivity contribution >= 4 is 52.6 Å².